The first kappa shape index (κ1) is 21.3. The molecule has 0 saturated heterocycles. The van der Waals surface area contributed by atoms with Gasteiger partial charge in [0.2, 0.25) is 0 Å². The Labute approximate surface area is 182 Å². The number of thiocarbonyl (C=S) groups is 1. The topological polar surface area (TPSA) is 41.6 Å². The van der Waals surface area contributed by atoms with Gasteiger partial charge >= 0.3 is 0 Å². The number of Topliss-reactive ketones (excluding diaryl/α,β-unsaturated/α-hetero) is 1. The predicted octanol–water partition coefficient (Wildman–Crippen LogP) is 5.54. The molecule has 0 amide bonds. The van der Waals surface area contributed by atoms with Crippen molar-refractivity contribution < 1.29 is 9.53 Å². The van der Waals surface area contributed by atoms with E-state index in [1.54, 1.807) is 0 Å². The monoisotopic (exact) mass is 428 g/mol. The van der Waals surface area contributed by atoms with Crippen molar-refractivity contribution in [1.82, 2.24) is 10.2 Å². The highest BCUT2D eigenvalue weighted by molar-refractivity contribution is 7.80. The summed E-state index contributed by atoms with van der Waals surface area (Å²) < 4.78 is 5.74. The van der Waals surface area contributed by atoms with E-state index in [0.29, 0.717) is 33.6 Å². The first-order chi connectivity index (χ1) is 13.8. The van der Waals surface area contributed by atoms with E-state index in [4.69, 9.17) is 28.6 Å². The molecule has 0 spiro atoms. The van der Waals surface area contributed by atoms with Crippen LogP contribution >= 0.6 is 23.8 Å². The van der Waals surface area contributed by atoms with Crippen LogP contribution in [0, 0.1) is 0 Å². The second-order valence-electron chi connectivity index (χ2n) is 7.18. The van der Waals surface area contributed by atoms with Crippen molar-refractivity contribution in [2.24, 2.45) is 0 Å². The van der Waals surface area contributed by atoms with Crippen molar-refractivity contribution in [3.05, 3.63) is 76.0 Å². The Morgan fingerprint density at radius 1 is 1.24 bits per heavy atom. The molecule has 1 N–H and O–H groups in total. The van der Waals surface area contributed by atoms with Gasteiger partial charge in [-0.25, -0.2) is 0 Å². The Morgan fingerprint density at radius 2 is 1.93 bits per heavy atom. The molecule has 2 aromatic rings. The zero-order valence-corrected chi connectivity index (χ0v) is 18.6. The molecule has 1 heterocycles. The van der Waals surface area contributed by atoms with Crippen molar-refractivity contribution in [1.29, 1.82) is 0 Å². The Bertz CT molecular complexity index is 957. The van der Waals surface area contributed by atoms with Crippen molar-refractivity contribution in [3.63, 3.8) is 0 Å². The molecular formula is C23H25ClN2O2S. The summed E-state index contributed by atoms with van der Waals surface area (Å²) in [5.74, 6) is 0.593. The number of carbonyl (C=O) groups is 1. The largest absolute Gasteiger partial charge is 0.489 e. The normalized spacial score (nSPS) is 16.8. The van der Waals surface area contributed by atoms with Crippen LogP contribution in [0.25, 0.3) is 0 Å². The summed E-state index contributed by atoms with van der Waals surface area (Å²) in [6.07, 6.45) is 0.0224. The fraction of sp³-hybridized carbons (Fsp3) is 0.304. The van der Waals surface area contributed by atoms with Gasteiger partial charge in [-0.05, 0) is 57.6 Å². The van der Waals surface area contributed by atoms with E-state index in [2.05, 4.69) is 5.32 Å². The van der Waals surface area contributed by atoms with Crippen LogP contribution in [-0.2, 0) is 0 Å². The van der Waals surface area contributed by atoms with Gasteiger partial charge in [-0.3, -0.25) is 4.79 Å². The number of rotatable bonds is 6. The number of hydrogen-bond donors (Lipinski definition) is 1. The van der Waals surface area contributed by atoms with Gasteiger partial charge in [0, 0.05) is 23.4 Å². The van der Waals surface area contributed by atoms with Crippen molar-refractivity contribution in [2.45, 2.75) is 39.8 Å². The number of ketones is 1. The minimum Gasteiger partial charge on any atom is -0.489 e. The highest BCUT2D eigenvalue weighted by Gasteiger charge is 2.34. The first-order valence-electron chi connectivity index (χ1n) is 9.68. The highest BCUT2D eigenvalue weighted by atomic mass is 35.5. The molecule has 6 heteroatoms. The number of nitrogens with one attached hydrogen (secondary N) is 1. The van der Waals surface area contributed by atoms with E-state index in [1.165, 1.54) is 0 Å². The zero-order chi connectivity index (χ0) is 21.1. The van der Waals surface area contributed by atoms with Gasteiger partial charge in [-0.15, -0.1) is 0 Å². The number of halogens is 1. The SMILES string of the molecule is CCN1C(=S)NC(c2ccc(OC(C)C)c(Cl)c2)C(C(=O)c2ccccc2)=C1C. The fourth-order valence-electron chi connectivity index (χ4n) is 3.50. The number of hydrogen-bond acceptors (Lipinski definition) is 3. The molecule has 1 atom stereocenters. The average Bonchev–Trinajstić information content (AvgIpc) is 2.69. The standard InChI is InChI=1S/C23H25ClN2O2S/c1-5-26-15(4)20(22(27)16-9-7-6-8-10-16)21(25-23(26)29)17-11-12-19(18(24)13-17)28-14(2)3/h6-14,21H,5H2,1-4H3,(H,25,29). The zero-order valence-electron chi connectivity index (χ0n) is 17.0. The molecule has 1 aliphatic heterocycles. The van der Waals surface area contributed by atoms with Crippen LogP contribution in [0.3, 0.4) is 0 Å². The van der Waals surface area contributed by atoms with Gasteiger partial charge in [0.1, 0.15) is 5.75 Å². The van der Waals surface area contributed by atoms with Crippen molar-refractivity contribution >= 4 is 34.7 Å². The summed E-state index contributed by atoms with van der Waals surface area (Å²) in [5.41, 5.74) is 3.03. The molecular weight excluding hydrogens is 404 g/mol. The Balaban J connectivity index is 2.08. The van der Waals surface area contributed by atoms with Crippen LogP contribution in [0.2, 0.25) is 5.02 Å². The van der Waals surface area contributed by atoms with E-state index in [1.807, 2.05) is 81.1 Å². The van der Waals surface area contributed by atoms with Gasteiger partial charge in [0.05, 0.1) is 17.2 Å². The summed E-state index contributed by atoms with van der Waals surface area (Å²) >= 11 is 12.0. The van der Waals surface area contributed by atoms with Gasteiger partial charge in [-0.1, -0.05) is 48.0 Å². The number of carbonyl (C=O) groups excluding carboxylic acids is 1. The van der Waals surface area contributed by atoms with Gasteiger partial charge in [0.25, 0.3) is 0 Å². The molecule has 1 aliphatic rings. The van der Waals surface area contributed by atoms with Crippen LogP contribution in [0.1, 0.15) is 49.7 Å². The third-order valence-electron chi connectivity index (χ3n) is 4.85. The van der Waals surface area contributed by atoms with Gasteiger partial charge in [0.15, 0.2) is 10.9 Å². The number of nitrogens with zero attached hydrogens (tertiary/aromatic N) is 1. The lowest BCUT2D eigenvalue weighted by atomic mass is 9.89. The van der Waals surface area contributed by atoms with E-state index < -0.39 is 0 Å². The van der Waals surface area contributed by atoms with Crippen molar-refractivity contribution in [2.75, 3.05) is 6.54 Å². The van der Waals surface area contributed by atoms with Gasteiger partial charge < -0.3 is 15.0 Å². The summed E-state index contributed by atoms with van der Waals surface area (Å²) in [5, 5.41) is 4.43. The maximum Gasteiger partial charge on any atom is 0.193 e. The van der Waals surface area contributed by atoms with E-state index in [-0.39, 0.29) is 17.9 Å². The minimum atomic E-state index is -0.386. The van der Waals surface area contributed by atoms with Crippen LogP contribution in [0.4, 0.5) is 0 Å². The lowest BCUT2D eigenvalue weighted by Crippen LogP contribution is -2.47. The highest BCUT2D eigenvalue weighted by Crippen LogP contribution is 2.36. The minimum absolute atomic E-state index is 0.0224. The first-order valence-corrected chi connectivity index (χ1v) is 10.5. The Kier molecular flexibility index (Phi) is 6.60. The maximum absolute atomic E-state index is 13.4. The summed E-state index contributed by atoms with van der Waals surface area (Å²) in [6.45, 7) is 8.54. The second-order valence-corrected chi connectivity index (χ2v) is 7.97. The second kappa shape index (κ2) is 8.97. The molecule has 0 aromatic heterocycles. The molecule has 0 fully saturated rings. The summed E-state index contributed by atoms with van der Waals surface area (Å²) in [7, 11) is 0. The summed E-state index contributed by atoms with van der Waals surface area (Å²) in [6, 6.07) is 14.5. The Hall–Kier alpha value is -2.37. The maximum atomic E-state index is 13.4. The lowest BCUT2D eigenvalue weighted by molar-refractivity contribution is 0.102. The molecule has 0 aliphatic carbocycles. The van der Waals surface area contributed by atoms with Crippen LogP contribution < -0.4 is 10.1 Å². The summed E-state index contributed by atoms with van der Waals surface area (Å²) in [4.78, 5) is 15.4. The van der Waals surface area contributed by atoms with Crippen LogP contribution in [-0.4, -0.2) is 28.4 Å². The molecule has 29 heavy (non-hydrogen) atoms. The van der Waals surface area contributed by atoms with Crippen LogP contribution in [0.5, 0.6) is 5.75 Å². The van der Waals surface area contributed by atoms with E-state index in [0.717, 1.165) is 11.3 Å². The van der Waals surface area contributed by atoms with E-state index >= 15 is 0 Å². The smallest absolute Gasteiger partial charge is 0.193 e. The Morgan fingerprint density at radius 3 is 2.52 bits per heavy atom. The van der Waals surface area contributed by atoms with E-state index in [9.17, 15) is 4.79 Å². The number of allylic oxidation sites excluding steroid dienone is 1. The molecule has 0 bridgehead atoms. The third-order valence-corrected chi connectivity index (χ3v) is 5.48. The van der Waals surface area contributed by atoms with Gasteiger partial charge in [-0.2, -0.15) is 0 Å². The molecule has 152 valence electrons. The molecule has 3 rings (SSSR count). The van der Waals surface area contributed by atoms with Crippen molar-refractivity contribution in [3.8, 4) is 5.75 Å². The predicted molar refractivity (Wildman–Crippen MR) is 122 cm³/mol. The number of benzene rings is 2. The molecule has 0 radical (unpaired) electrons. The average molecular weight is 429 g/mol. The van der Waals surface area contributed by atoms with Crippen LogP contribution in [0.15, 0.2) is 59.8 Å². The molecule has 2 aromatic carbocycles. The third kappa shape index (κ3) is 4.46. The molecule has 1 unspecified atom stereocenters. The fourth-order valence-corrected chi connectivity index (χ4v) is 4.11. The molecule has 0 saturated carbocycles. The number of ether oxygens (including phenoxy) is 1. The molecule has 4 nitrogen and oxygen atoms in total. The lowest BCUT2D eigenvalue weighted by Gasteiger charge is -2.37. The quantitative estimate of drug-likeness (QED) is 0.483.